The maximum atomic E-state index is 12.4. The Morgan fingerprint density at radius 3 is 2.50 bits per heavy atom. The molecule has 0 atom stereocenters. The number of amides is 1. The maximum Gasteiger partial charge on any atom is 0.303 e. The van der Waals surface area contributed by atoms with Gasteiger partial charge in [0.2, 0.25) is 0 Å². The van der Waals surface area contributed by atoms with E-state index in [1.807, 2.05) is 12.1 Å². The van der Waals surface area contributed by atoms with Crippen molar-refractivity contribution < 1.29 is 19.4 Å². The van der Waals surface area contributed by atoms with Crippen LogP contribution in [0.25, 0.3) is 0 Å². The highest BCUT2D eigenvalue weighted by atomic mass is 35.5. The summed E-state index contributed by atoms with van der Waals surface area (Å²) in [5, 5.41) is 11.9. The van der Waals surface area contributed by atoms with Crippen LogP contribution >= 0.6 is 11.6 Å². The predicted octanol–water partition coefficient (Wildman–Crippen LogP) is 4.01. The Morgan fingerprint density at radius 1 is 1.17 bits per heavy atom. The van der Waals surface area contributed by atoms with Gasteiger partial charge in [-0.15, -0.1) is 0 Å². The number of methoxy groups -OCH3 is 1. The lowest BCUT2D eigenvalue weighted by atomic mass is 10.1. The summed E-state index contributed by atoms with van der Waals surface area (Å²) in [7, 11) is 1.49. The second-order valence-corrected chi connectivity index (χ2v) is 5.68. The van der Waals surface area contributed by atoms with Gasteiger partial charge in [-0.05, 0) is 48.7 Å². The molecule has 0 aliphatic carbocycles. The van der Waals surface area contributed by atoms with E-state index in [2.05, 4.69) is 5.32 Å². The fourth-order valence-corrected chi connectivity index (χ4v) is 2.43. The van der Waals surface area contributed by atoms with Crippen LogP contribution in [-0.4, -0.2) is 24.1 Å². The topological polar surface area (TPSA) is 75.6 Å². The molecule has 0 aliphatic rings. The molecule has 0 saturated heterocycles. The molecule has 5 nitrogen and oxygen atoms in total. The predicted molar refractivity (Wildman–Crippen MR) is 93.0 cm³/mol. The van der Waals surface area contributed by atoms with Crippen LogP contribution in [0.3, 0.4) is 0 Å². The second kappa shape index (κ2) is 8.36. The van der Waals surface area contributed by atoms with E-state index < -0.39 is 5.97 Å². The third kappa shape index (κ3) is 4.99. The quantitative estimate of drug-likeness (QED) is 0.793. The maximum absolute atomic E-state index is 12.4. The standard InChI is InChI=1S/C18H18ClNO4/c1-24-16-10-7-13(19)11-15(16)18(23)20-14-8-5-12(6-9-14)3-2-4-17(21)22/h5-11H,2-4H2,1H3,(H,20,23)(H,21,22). The Kier molecular flexibility index (Phi) is 6.21. The van der Waals surface area contributed by atoms with Crippen LogP contribution in [0.1, 0.15) is 28.8 Å². The molecule has 24 heavy (non-hydrogen) atoms. The Balaban J connectivity index is 2.02. The average Bonchev–Trinajstić information content (AvgIpc) is 2.56. The van der Waals surface area contributed by atoms with Crippen molar-refractivity contribution in [3.63, 3.8) is 0 Å². The number of halogens is 1. The zero-order valence-corrected chi connectivity index (χ0v) is 14.0. The number of rotatable bonds is 7. The molecule has 0 aliphatic heterocycles. The molecular formula is C18H18ClNO4. The molecule has 0 saturated carbocycles. The summed E-state index contributed by atoms with van der Waals surface area (Å²) in [6.07, 6.45) is 1.41. The lowest BCUT2D eigenvalue weighted by molar-refractivity contribution is -0.137. The number of anilines is 1. The van der Waals surface area contributed by atoms with Gasteiger partial charge in [0.05, 0.1) is 12.7 Å². The molecule has 0 radical (unpaired) electrons. The zero-order valence-electron chi connectivity index (χ0n) is 13.2. The Morgan fingerprint density at radius 2 is 1.88 bits per heavy atom. The van der Waals surface area contributed by atoms with Crippen molar-refractivity contribution in [1.82, 2.24) is 0 Å². The summed E-state index contributed by atoms with van der Waals surface area (Å²) in [5.41, 5.74) is 2.02. The molecule has 1 amide bonds. The van der Waals surface area contributed by atoms with Gasteiger partial charge in [0, 0.05) is 17.1 Å². The summed E-state index contributed by atoms with van der Waals surface area (Å²) < 4.78 is 5.17. The van der Waals surface area contributed by atoms with Crippen molar-refractivity contribution in [2.24, 2.45) is 0 Å². The SMILES string of the molecule is COc1ccc(Cl)cc1C(=O)Nc1ccc(CCCC(=O)O)cc1. The molecule has 0 fully saturated rings. The number of aryl methyl sites for hydroxylation is 1. The van der Waals surface area contributed by atoms with E-state index in [1.54, 1.807) is 30.3 Å². The third-order valence-electron chi connectivity index (χ3n) is 3.47. The summed E-state index contributed by atoms with van der Waals surface area (Å²) in [5.74, 6) is -0.662. The van der Waals surface area contributed by atoms with Gasteiger partial charge < -0.3 is 15.2 Å². The van der Waals surface area contributed by atoms with E-state index in [-0.39, 0.29) is 12.3 Å². The first-order chi connectivity index (χ1) is 11.5. The van der Waals surface area contributed by atoms with Gasteiger partial charge in [0.25, 0.3) is 5.91 Å². The Bertz CT molecular complexity index is 728. The molecule has 0 bridgehead atoms. The smallest absolute Gasteiger partial charge is 0.303 e. The van der Waals surface area contributed by atoms with Gasteiger partial charge in [0.15, 0.2) is 0 Å². The van der Waals surface area contributed by atoms with Crippen molar-refractivity contribution in [1.29, 1.82) is 0 Å². The first-order valence-corrected chi connectivity index (χ1v) is 7.83. The zero-order chi connectivity index (χ0) is 17.5. The summed E-state index contributed by atoms with van der Waals surface area (Å²) in [6.45, 7) is 0. The van der Waals surface area contributed by atoms with Crippen LogP contribution in [-0.2, 0) is 11.2 Å². The molecule has 0 heterocycles. The lowest BCUT2D eigenvalue weighted by Gasteiger charge is -2.10. The molecule has 0 spiro atoms. The van der Waals surface area contributed by atoms with Gasteiger partial charge in [-0.2, -0.15) is 0 Å². The molecule has 0 unspecified atom stereocenters. The fourth-order valence-electron chi connectivity index (χ4n) is 2.25. The number of nitrogens with one attached hydrogen (secondary N) is 1. The highest BCUT2D eigenvalue weighted by Gasteiger charge is 2.13. The van der Waals surface area contributed by atoms with E-state index in [9.17, 15) is 9.59 Å². The minimum absolute atomic E-state index is 0.146. The van der Waals surface area contributed by atoms with Crippen molar-refractivity contribution >= 4 is 29.2 Å². The third-order valence-corrected chi connectivity index (χ3v) is 3.71. The van der Waals surface area contributed by atoms with Gasteiger partial charge in [-0.3, -0.25) is 9.59 Å². The number of aliphatic carboxylic acids is 1. The highest BCUT2D eigenvalue weighted by molar-refractivity contribution is 6.31. The van der Waals surface area contributed by atoms with Crippen molar-refractivity contribution in [3.8, 4) is 5.75 Å². The Hall–Kier alpha value is -2.53. The van der Waals surface area contributed by atoms with Crippen molar-refractivity contribution in [3.05, 3.63) is 58.6 Å². The van der Waals surface area contributed by atoms with Gasteiger partial charge in [-0.1, -0.05) is 23.7 Å². The summed E-state index contributed by atoms with van der Waals surface area (Å²) in [6, 6.07) is 12.2. The van der Waals surface area contributed by atoms with E-state index >= 15 is 0 Å². The van der Waals surface area contributed by atoms with E-state index in [0.29, 0.717) is 34.9 Å². The van der Waals surface area contributed by atoms with Crippen LogP contribution in [0.5, 0.6) is 5.75 Å². The first-order valence-electron chi connectivity index (χ1n) is 7.45. The van der Waals surface area contributed by atoms with E-state index in [1.165, 1.54) is 7.11 Å². The molecule has 2 N–H and O–H groups in total. The monoisotopic (exact) mass is 347 g/mol. The van der Waals surface area contributed by atoms with Gasteiger partial charge >= 0.3 is 5.97 Å². The number of ether oxygens (including phenoxy) is 1. The average molecular weight is 348 g/mol. The molecular weight excluding hydrogens is 330 g/mol. The van der Waals surface area contributed by atoms with Crippen LogP contribution < -0.4 is 10.1 Å². The molecule has 0 aromatic heterocycles. The largest absolute Gasteiger partial charge is 0.496 e. The molecule has 2 aromatic carbocycles. The number of hydrogen-bond donors (Lipinski definition) is 2. The number of carbonyl (C=O) groups is 2. The molecule has 2 rings (SSSR count). The van der Waals surface area contributed by atoms with Crippen molar-refractivity contribution in [2.45, 2.75) is 19.3 Å². The molecule has 2 aromatic rings. The summed E-state index contributed by atoms with van der Waals surface area (Å²) >= 11 is 5.94. The number of benzene rings is 2. The minimum Gasteiger partial charge on any atom is -0.496 e. The molecule has 6 heteroatoms. The number of carboxylic acid groups (broad SMARTS) is 1. The van der Waals surface area contributed by atoms with E-state index in [0.717, 1.165) is 5.56 Å². The Labute approximate surface area is 145 Å². The highest BCUT2D eigenvalue weighted by Crippen LogP contribution is 2.24. The number of carboxylic acids is 1. The fraction of sp³-hybridized carbons (Fsp3) is 0.222. The normalized spacial score (nSPS) is 10.2. The van der Waals surface area contributed by atoms with E-state index in [4.69, 9.17) is 21.4 Å². The summed E-state index contributed by atoms with van der Waals surface area (Å²) in [4.78, 5) is 22.9. The first kappa shape index (κ1) is 17.8. The van der Waals surface area contributed by atoms with Gasteiger partial charge in [-0.25, -0.2) is 0 Å². The molecule has 126 valence electrons. The van der Waals surface area contributed by atoms with Crippen LogP contribution in [0.4, 0.5) is 5.69 Å². The minimum atomic E-state index is -0.797. The number of carbonyl (C=O) groups excluding carboxylic acids is 1. The number of hydrogen-bond acceptors (Lipinski definition) is 3. The van der Waals surface area contributed by atoms with Crippen LogP contribution in [0, 0.1) is 0 Å². The lowest BCUT2D eigenvalue weighted by Crippen LogP contribution is -2.13. The van der Waals surface area contributed by atoms with Crippen LogP contribution in [0.2, 0.25) is 5.02 Å². The van der Waals surface area contributed by atoms with Crippen molar-refractivity contribution in [2.75, 3.05) is 12.4 Å². The van der Waals surface area contributed by atoms with Gasteiger partial charge in [0.1, 0.15) is 5.75 Å². The second-order valence-electron chi connectivity index (χ2n) is 5.24. The van der Waals surface area contributed by atoms with Crippen LogP contribution in [0.15, 0.2) is 42.5 Å².